The second-order valence-electron chi connectivity index (χ2n) is 3.81. The molecule has 1 aliphatic rings. The topological polar surface area (TPSA) is 26.3 Å². The van der Waals surface area contributed by atoms with Gasteiger partial charge in [-0.1, -0.05) is 19.3 Å². The van der Waals surface area contributed by atoms with Gasteiger partial charge in [0.2, 0.25) is 0 Å². The normalized spacial score (nSPS) is 21.1. The minimum atomic E-state index is -0.288. The van der Waals surface area contributed by atoms with Crippen LogP contribution in [0.4, 0.5) is 0 Å². The maximum atomic E-state index is 11.1. The Morgan fingerprint density at radius 2 is 2.08 bits per heavy atom. The number of thiol groups is 1. The standard InChI is InChI=1S/C10H18O2S/c1-8(13)10(11)12-7-9-5-3-2-4-6-9/h8-9,13H,2-7H2,1H3. The molecule has 0 spiro atoms. The molecule has 1 saturated carbocycles. The van der Waals surface area contributed by atoms with Gasteiger partial charge < -0.3 is 4.74 Å². The largest absolute Gasteiger partial charge is 0.465 e. The lowest BCUT2D eigenvalue weighted by molar-refractivity contribution is -0.144. The van der Waals surface area contributed by atoms with Gasteiger partial charge in [-0.2, -0.15) is 12.6 Å². The minimum Gasteiger partial charge on any atom is -0.465 e. The van der Waals surface area contributed by atoms with E-state index in [4.69, 9.17) is 4.74 Å². The van der Waals surface area contributed by atoms with Gasteiger partial charge in [0.15, 0.2) is 0 Å². The summed E-state index contributed by atoms with van der Waals surface area (Å²) in [6.07, 6.45) is 6.35. The highest BCUT2D eigenvalue weighted by atomic mass is 32.1. The first kappa shape index (κ1) is 10.9. The van der Waals surface area contributed by atoms with Crippen molar-refractivity contribution in [2.75, 3.05) is 6.61 Å². The second-order valence-corrected chi connectivity index (χ2v) is 4.58. The average molecular weight is 202 g/mol. The van der Waals surface area contributed by atoms with Crippen molar-refractivity contribution in [2.24, 2.45) is 5.92 Å². The Morgan fingerprint density at radius 3 is 2.62 bits per heavy atom. The molecule has 0 radical (unpaired) electrons. The van der Waals surface area contributed by atoms with E-state index in [1.54, 1.807) is 6.92 Å². The Labute approximate surface area is 85.4 Å². The zero-order valence-corrected chi connectivity index (χ0v) is 9.06. The molecule has 0 aromatic carbocycles. The smallest absolute Gasteiger partial charge is 0.318 e. The van der Waals surface area contributed by atoms with Gasteiger partial charge >= 0.3 is 5.97 Å². The van der Waals surface area contributed by atoms with E-state index in [0.717, 1.165) is 0 Å². The number of carbonyl (C=O) groups is 1. The number of rotatable bonds is 3. The van der Waals surface area contributed by atoms with Crippen molar-refractivity contribution in [2.45, 2.75) is 44.3 Å². The summed E-state index contributed by atoms with van der Waals surface area (Å²) in [6.45, 7) is 2.34. The van der Waals surface area contributed by atoms with E-state index < -0.39 is 0 Å². The van der Waals surface area contributed by atoms with Gasteiger partial charge in [0.25, 0.3) is 0 Å². The van der Waals surface area contributed by atoms with Crippen molar-refractivity contribution in [3.63, 3.8) is 0 Å². The van der Waals surface area contributed by atoms with Crippen LogP contribution in [0, 0.1) is 5.92 Å². The Hall–Kier alpha value is -0.180. The molecule has 1 unspecified atom stereocenters. The summed E-state index contributed by atoms with van der Waals surface area (Å²) < 4.78 is 5.13. The lowest BCUT2D eigenvalue weighted by Crippen LogP contribution is -2.20. The Kier molecular flexibility index (Phi) is 4.64. The van der Waals surface area contributed by atoms with E-state index in [1.165, 1.54) is 32.1 Å². The van der Waals surface area contributed by atoms with Crippen molar-refractivity contribution in [3.05, 3.63) is 0 Å². The van der Waals surface area contributed by atoms with Gasteiger partial charge in [-0.15, -0.1) is 0 Å². The fraction of sp³-hybridized carbons (Fsp3) is 0.900. The molecule has 0 bridgehead atoms. The Bertz CT molecular complexity index is 162. The molecular formula is C10H18O2S. The Balaban J connectivity index is 2.13. The number of ether oxygens (including phenoxy) is 1. The zero-order chi connectivity index (χ0) is 9.68. The molecule has 0 aromatic rings. The van der Waals surface area contributed by atoms with E-state index >= 15 is 0 Å². The van der Waals surface area contributed by atoms with Crippen LogP contribution in [0.1, 0.15) is 39.0 Å². The monoisotopic (exact) mass is 202 g/mol. The van der Waals surface area contributed by atoms with E-state index in [2.05, 4.69) is 12.6 Å². The van der Waals surface area contributed by atoms with Crippen molar-refractivity contribution in [1.82, 2.24) is 0 Å². The first-order valence-electron chi connectivity index (χ1n) is 5.05. The molecule has 3 heteroatoms. The number of hydrogen-bond acceptors (Lipinski definition) is 3. The summed E-state index contributed by atoms with van der Waals surface area (Å²) in [4.78, 5) is 11.1. The van der Waals surface area contributed by atoms with Crippen LogP contribution < -0.4 is 0 Å². The van der Waals surface area contributed by atoms with E-state index in [1.807, 2.05) is 0 Å². The van der Waals surface area contributed by atoms with Crippen LogP contribution in [0.2, 0.25) is 0 Å². The molecule has 1 fully saturated rings. The van der Waals surface area contributed by atoms with E-state index in [0.29, 0.717) is 12.5 Å². The second kappa shape index (κ2) is 5.53. The highest BCUT2D eigenvalue weighted by Gasteiger charge is 2.16. The highest BCUT2D eigenvalue weighted by molar-refractivity contribution is 7.81. The first-order valence-corrected chi connectivity index (χ1v) is 5.56. The molecule has 1 rings (SSSR count). The van der Waals surface area contributed by atoms with Crippen molar-refractivity contribution < 1.29 is 9.53 Å². The molecule has 0 aliphatic heterocycles. The third kappa shape index (κ3) is 4.03. The summed E-state index contributed by atoms with van der Waals surface area (Å²) in [7, 11) is 0. The van der Waals surface area contributed by atoms with Gasteiger partial charge in [-0.3, -0.25) is 4.79 Å². The van der Waals surface area contributed by atoms with Crippen LogP contribution in [-0.2, 0) is 9.53 Å². The number of esters is 1. The van der Waals surface area contributed by atoms with Crippen molar-refractivity contribution in [3.8, 4) is 0 Å². The molecule has 0 amide bonds. The molecule has 0 heterocycles. The van der Waals surface area contributed by atoms with Crippen LogP contribution in [0.15, 0.2) is 0 Å². The van der Waals surface area contributed by atoms with Gasteiger partial charge in [-0.05, 0) is 25.7 Å². The lowest BCUT2D eigenvalue weighted by Gasteiger charge is -2.21. The van der Waals surface area contributed by atoms with E-state index in [-0.39, 0.29) is 11.2 Å². The molecule has 0 saturated heterocycles. The Morgan fingerprint density at radius 1 is 1.46 bits per heavy atom. The molecule has 76 valence electrons. The first-order chi connectivity index (χ1) is 6.20. The third-order valence-corrected chi connectivity index (χ3v) is 2.74. The zero-order valence-electron chi connectivity index (χ0n) is 8.16. The molecule has 0 N–H and O–H groups in total. The third-order valence-electron chi connectivity index (χ3n) is 2.53. The molecule has 2 nitrogen and oxygen atoms in total. The van der Waals surface area contributed by atoms with Crippen LogP contribution in [0.3, 0.4) is 0 Å². The minimum absolute atomic E-state index is 0.186. The van der Waals surface area contributed by atoms with Gasteiger partial charge in [-0.25, -0.2) is 0 Å². The molecule has 13 heavy (non-hydrogen) atoms. The van der Waals surface area contributed by atoms with Gasteiger partial charge in [0, 0.05) is 0 Å². The van der Waals surface area contributed by atoms with Crippen LogP contribution in [0.5, 0.6) is 0 Å². The summed E-state index contributed by atoms with van der Waals surface area (Å²) >= 11 is 4.02. The average Bonchev–Trinajstić information content (AvgIpc) is 2.15. The predicted molar refractivity (Wildman–Crippen MR) is 56.0 cm³/mol. The van der Waals surface area contributed by atoms with Crippen LogP contribution >= 0.6 is 12.6 Å². The summed E-state index contributed by atoms with van der Waals surface area (Å²) in [6, 6.07) is 0. The quantitative estimate of drug-likeness (QED) is 0.562. The summed E-state index contributed by atoms with van der Waals surface area (Å²) in [5.41, 5.74) is 0. The molecule has 1 aliphatic carbocycles. The van der Waals surface area contributed by atoms with Gasteiger partial charge in [0.05, 0.1) is 11.9 Å². The predicted octanol–water partition coefficient (Wildman–Crippen LogP) is 2.43. The van der Waals surface area contributed by atoms with Crippen molar-refractivity contribution in [1.29, 1.82) is 0 Å². The molecular weight excluding hydrogens is 184 g/mol. The lowest BCUT2D eigenvalue weighted by atomic mass is 9.90. The maximum Gasteiger partial charge on any atom is 0.318 e. The van der Waals surface area contributed by atoms with Gasteiger partial charge in [0.1, 0.15) is 0 Å². The fourth-order valence-electron chi connectivity index (χ4n) is 1.67. The molecule has 0 aromatic heterocycles. The fourth-order valence-corrected chi connectivity index (χ4v) is 1.75. The number of hydrogen-bond donors (Lipinski definition) is 1. The summed E-state index contributed by atoms with van der Waals surface area (Å²) in [5.74, 6) is 0.415. The van der Waals surface area contributed by atoms with Crippen LogP contribution in [0.25, 0.3) is 0 Å². The van der Waals surface area contributed by atoms with E-state index in [9.17, 15) is 4.79 Å². The maximum absolute atomic E-state index is 11.1. The van der Waals surface area contributed by atoms with Crippen molar-refractivity contribution >= 4 is 18.6 Å². The molecule has 1 atom stereocenters. The summed E-state index contributed by atoms with van der Waals surface area (Å²) in [5, 5.41) is -0.288. The number of carbonyl (C=O) groups excluding carboxylic acids is 1. The SMILES string of the molecule is CC(S)C(=O)OCC1CCCCC1. The van der Waals surface area contributed by atoms with Crippen LogP contribution in [-0.4, -0.2) is 17.8 Å². The highest BCUT2D eigenvalue weighted by Crippen LogP contribution is 2.23.